The zero-order chi connectivity index (χ0) is 14.8. The molecule has 0 saturated heterocycles. The molecule has 0 aliphatic rings. The lowest BCUT2D eigenvalue weighted by molar-refractivity contribution is 0.111. The molecule has 21 heavy (non-hydrogen) atoms. The zero-order valence-electron chi connectivity index (χ0n) is 11.7. The topological polar surface area (TPSA) is 68.0 Å². The van der Waals surface area contributed by atoms with Crippen molar-refractivity contribution in [3.63, 3.8) is 0 Å². The SMILES string of the molecule is CCCc1c(C=O)nnn1-c1cccc2c(O)cccc12. The minimum Gasteiger partial charge on any atom is -0.507 e. The van der Waals surface area contributed by atoms with Crippen LogP contribution in [0.15, 0.2) is 36.4 Å². The third kappa shape index (κ3) is 2.16. The molecule has 1 aromatic heterocycles. The fourth-order valence-electron chi connectivity index (χ4n) is 2.53. The number of aldehydes is 1. The summed E-state index contributed by atoms with van der Waals surface area (Å²) in [5.41, 5.74) is 1.98. The van der Waals surface area contributed by atoms with Crippen molar-refractivity contribution in [3.8, 4) is 11.4 Å². The van der Waals surface area contributed by atoms with Gasteiger partial charge in [-0.1, -0.05) is 42.8 Å². The number of phenolic OH excluding ortho intramolecular Hbond substituents is 1. The monoisotopic (exact) mass is 281 g/mol. The van der Waals surface area contributed by atoms with Crippen LogP contribution in [0, 0.1) is 0 Å². The van der Waals surface area contributed by atoms with Gasteiger partial charge in [0, 0.05) is 10.8 Å². The average molecular weight is 281 g/mol. The van der Waals surface area contributed by atoms with Crippen molar-refractivity contribution in [2.75, 3.05) is 0 Å². The van der Waals surface area contributed by atoms with E-state index < -0.39 is 0 Å². The van der Waals surface area contributed by atoms with E-state index in [1.807, 2.05) is 31.2 Å². The molecule has 0 amide bonds. The van der Waals surface area contributed by atoms with Crippen molar-refractivity contribution in [3.05, 3.63) is 47.8 Å². The van der Waals surface area contributed by atoms with Crippen molar-refractivity contribution in [2.24, 2.45) is 0 Å². The van der Waals surface area contributed by atoms with Gasteiger partial charge in [0.05, 0.1) is 11.4 Å². The van der Waals surface area contributed by atoms with Crippen LogP contribution in [-0.4, -0.2) is 26.4 Å². The number of fused-ring (bicyclic) bond motifs is 1. The maximum absolute atomic E-state index is 11.1. The quantitative estimate of drug-likeness (QED) is 0.747. The highest BCUT2D eigenvalue weighted by atomic mass is 16.3. The molecule has 0 aliphatic heterocycles. The Morgan fingerprint density at radius 1 is 1.19 bits per heavy atom. The third-order valence-electron chi connectivity index (χ3n) is 3.50. The first-order chi connectivity index (χ1) is 10.3. The Bertz CT molecular complexity index is 808. The Balaban J connectivity index is 2.28. The number of hydrogen-bond acceptors (Lipinski definition) is 4. The van der Waals surface area contributed by atoms with Crippen LogP contribution in [0.1, 0.15) is 29.5 Å². The molecule has 0 fully saturated rings. The van der Waals surface area contributed by atoms with Crippen molar-refractivity contribution in [1.29, 1.82) is 0 Å². The van der Waals surface area contributed by atoms with E-state index in [0.29, 0.717) is 5.69 Å². The fraction of sp³-hybridized carbons (Fsp3) is 0.188. The Morgan fingerprint density at radius 3 is 2.71 bits per heavy atom. The predicted molar refractivity (Wildman–Crippen MR) is 79.9 cm³/mol. The number of carbonyl (C=O) groups is 1. The molecule has 1 heterocycles. The number of hydrogen-bond donors (Lipinski definition) is 1. The standard InChI is InChI=1S/C16H15N3O2/c1-2-5-15-13(10-20)17-18-19(15)14-8-3-7-12-11(14)6-4-9-16(12)21/h3-4,6-10,21H,2,5H2,1H3. The van der Waals surface area contributed by atoms with E-state index in [4.69, 9.17) is 0 Å². The lowest BCUT2D eigenvalue weighted by atomic mass is 10.1. The minimum absolute atomic E-state index is 0.224. The van der Waals surface area contributed by atoms with Gasteiger partial charge in [0.15, 0.2) is 6.29 Å². The van der Waals surface area contributed by atoms with E-state index in [0.717, 1.165) is 41.3 Å². The number of rotatable bonds is 4. The van der Waals surface area contributed by atoms with Gasteiger partial charge >= 0.3 is 0 Å². The Labute approximate surface area is 121 Å². The molecule has 0 spiro atoms. The summed E-state index contributed by atoms with van der Waals surface area (Å²) >= 11 is 0. The average Bonchev–Trinajstić information content (AvgIpc) is 2.90. The van der Waals surface area contributed by atoms with Gasteiger partial charge in [0.1, 0.15) is 11.4 Å². The molecule has 0 bridgehead atoms. The van der Waals surface area contributed by atoms with Crippen LogP contribution < -0.4 is 0 Å². The molecule has 3 rings (SSSR count). The second-order valence-electron chi connectivity index (χ2n) is 4.85. The summed E-state index contributed by atoms with van der Waals surface area (Å²) in [6.45, 7) is 2.04. The minimum atomic E-state index is 0.224. The maximum atomic E-state index is 11.1. The van der Waals surface area contributed by atoms with E-state index in [1.54, 1.807) is 16.8 Å². The summed E-state index contributed by atoms with van der Waals surface area (Å²) in [4.78, 5) is 11.1. The molecule has 0 aliphatic carbocycles. The fourth-order valence-corrected chi connectivity index (χ4v) is 2.53. The van der Waals surface area contributed by atoms with Crippen LogP contribution >= 0.6 is 0 Å². The summed E-state index contributed by atoms with van der Waals surface area (Å²) in [5.74, 6) is 0.224. The second-order valence-corrected chi connectivity index (χ2v) is 4.85. The summed E-state index contributed by atoms with van der Waals surface area (Å²) in [6, 6.07) is 11.0. The lowest BCUT2D eigenvalue weighted by Crippen LogP contribution is -2.04. The highest BCUT2D eigenvalue weighted by Gasteiger charge is 2.15. The highest BCUT2D eigenvalue weighted by molar-refractivity contribution is 5.94. The Hall–Kier alpha value is -2.69. The maximum Gasteiger partial charge on any atom is 0.172 e. The largest absolute Gasteiger partial charge is 0.507 e. The summed E-state index contributed by atoms with van der Waals surface area (Å²) in [7, 11) is 0. The number of aromatic nitrogens is 3. The first-order valence-electron chi connectivity index (χ1n) is 6.87. The van der Waals surface area contributed by atoms with Crippen LogP contribution in [0.3, 0.4) is 0 Å². The van der Waals surface area contributed by atoms with Gasteiger partial charge in [-0.25, -0.2) is 4.68 Å². The summed E-state index contributed by atoms with van der Waals surface area (Å²) in [6.07, 6.45) is 2.34. The molecule has 0 unspecified atom stereocenters. The molecule has 5 nitrogen and oxygen atoms in total. The van der Waals surface area contributed by atoms with Gasteiger partial charge in [0.2, 0.25) is 0 Å². The first-order valence-corrected chi connectivity index (χ1v) is 6.87. The van der Waals surface area contributed by atoms with Gasteiger partial charge in [-0.2, -0.15) is 0 Å². The summed E-state index contributed by atoms with van der Waals surface area (Å²) in [5, 5.41) is 19.6. The molecular formula is C16H15N3O2. The first kappa shape index (κ1) is 13.3. The Kier molecular flexibility index (Phi) is 3.39. The molecule has 106 valence electrons. The van der Waals surface area contributed by atoms with Gasteiger partial charge < -0.3 is 5.11 Å². The third-order valence-corrected chi connectivity index (χ3v) is 3.50. The van der Waals surface area contributed by atoms with Crippen molar-refractivity contribution in [2.45, 2.75) is 19.8 Å². The van der Waals surface area contributed by atoms with E-state index in [1.165, 1.54) is 0 Å². The van der Waals surface area contributed by atoms with E-state index in [2.05, 4.69) is 10.3 Å². The van der Waals surface area contributed by atoms with Crippen LogP contribution in [0.5, 0.6) is 5.75 Å². The van der Waals surface area contributed by atoms with Crippen molar-refractivity contribution in [1.82, 2.24) is 15.0 Å². The van der Waals surface area contributed by atoms with E-state index in [-0.39, 0.29) is 5.75 Å². The number of aromatic hydroxyl groups is 1. The normalized spacial score (nSPS) is 10.9. The van der Waals surface area contributed by atoms with Gasteiger partial charge in [0.25, 0.3) is 0 Å². The molecular weight excluding hydrogens is 266 g/mol. The molecule has 0 radical (unpaired) electrons. The van der Waals surface area contributed by atoms with Crippen molar-refractivity contribution < 1.29 is 9.90 Å². The van der Waals surface area contributed by atoms with Crippen molar-refractivity contribution >= 4 is 17.1 Å². The molecule has 1 N–H and O–H groups in total. The van der Waals surface area contributed by atoms with Crippen LogP contribution in [0.4, 0.5) is 0 Å². The van der Waals surface area contributed by atoms with E-state index in [9.17, 15) is 9.90 Å². The number of carbonyl (C=O) groups excluding carboxylic acids is 1. The molecule has 3 aromatic rings. The number of benzene rings is 2. The molecule has 2 aromatic carbocycles. The van der Waals surface area contributed by atoms with Gasteiger partial charge in [-0.3, -0.25) is 4.79 Å². The lowest BCUT2D eigenvalue weighted by Gasteiger charge is -2.10. The van der Waals surface area contributed by atoms with Crippen LogP contribution in [-0.2, 0) is 6.42 Å². The smallest absolute Gasteiger partial charge is 0.172 e. The van der Waals surface area contributed by atoms with E-state index >= 15 is 0 Å². The second kappa shape index (κ2) is 5.36. The Morgan fingerprint density at radius 2 is 1.95 bits per heavy atom. The summed E-state index contributed by atoms with van der Waals surface area (Å²) < 4.78 is 1.69. The zero-order valence-corrected chi connectivity index (χ0v) is 11.7. The predicted octanol–water partition coefficient (Wildman–Crippen LogP) is 2.89. The molecule has 5 heteroatoms. The number of nitrogens with zero attached hydrogens (tertiary/aromatic N) is 3. The highest BCUT2D eigenvalue weighted by Crippen LogP contribution is 2.29. The molecule has 0 saturated carbocycles. The molecule has 0 atom stereocenters. The van der Waals surface area contributed by atoms with Gasteiger partial charge in [-0.15, -0.1) is 5.10 Å². The number of phenols is 1. The van der Waals surface area contributed by atoms with Crippen LogP contribution in [0.25, 0.3) is 16.5 Å². The van der Waals surface area contributed by atoms with Gasteiger partial charge in [-0.05, 0) is 18.6 Å². The van der Waals surface area contributed by atoms with Crippen LogP contribution in [0.2, 0.25) is 0 Å².